The first-order valence-corrected chi connectivity index (χ1v) is 20.4. The van der Waals surface area contributed by atoms with Gasteiger partial charge < -0.3 is 36.2 Å². The van der Waals surface area contributed by atoms with Gasteiger partial charge >= 0.3 is 6.15 Å². The minimum Gasteiger partial charge on any atom is -0.391 e. The number of carbonyl (C=O) groups excluding carboxylic acids is 8. The number of hydrogen-bond acceptors (Lipinski definition) is 9. The Bertz CT molecular complexity index is 1290. The normalized spacial score (nSPS) is 23.0. The molecule has 6 amide bonds. The zero-order valence-electron chi connectivity index (χ0n) is 32.6. The Hall–Kier alpha value is -3.84. The van der Waals surface area contributed by atoms with Gasteiger partial charge in [-0.2, -0.15) is 9.59 Å². The van der Waals surface area contributed by atoms with E-state index in [9.17, 15) is 33.9 Å². The monoisotopic (exact) mass is 760 g/mol. The van der Waals surface area contributed by atoms with Crippen molar-refractivity contribution in [3.8, 4) is 0 Å². The first kappa shape index (κ1) is 44.6. The number of amides is 6. The molecule has 4 rings (SSSR count). The molecule has 304 valence electrons. The Kier molecular flexibility index (Phi) is 19.1. The van der Waals surface area contributed by atoms with Crippen molar-refractivity contribution >= 4 is 41.6 Å². The van der Waals surface area contributed by atoms with Crippen LogP contribution >= 0.6 is 0 Å². The maximum atomic E-state index is 14.3. The van der Waals surface area contributed by atoms with Gasteiger partial charge in [-0.3, -0.25) is 28.8 Å². The molecule has 6 atom stereocenters. The lowest BCUT2D eigenvalue weighted by Gasteiger charge is -2.40. The summed E-state index contributed by atoms with van der Waals surface area (Å²) in [7, 11) is 0. The minimum absolute atomic E-state index is 0.0282. The molecule has 2 saturated carbocycles. The number of likely N-dealkylation sites (tertiary alicyclic amines) is 2. The standard InChI is InChI=1S/C38H64N6O7.CO2/c1-4-22-39-36(49)32(26(3)45)42-35(48)30-19-13-24-43(30)37(50)25(2)40-34(47)29-18-11-12-23-44(29)38(51)33(28-16-9-6-10-17-28)41-31(46)21-20-27-14-7-5-8-15-27;2-1-3/h25-30,32-33,45H,4-24H2,1-3H3,(H,39,49)(H,40,47)(H,41,46)(H,42,48);/t25-,26+,29-,30-,32-,33-;/m0./s1. The van der Waals surface area contributed by atoms with Gasteiger partial charge in [0.2, 0.25) is 35.4 Å². The molecule has 4 aliphatic rings. The number of piperidine rings is 1. The third-order valence-corrected chi connectivity index (χ3v) is 11.5. The summed E-state index contributed by atoms with van der Waals surface area (Å²) >= 11 is 0. The lowest BCUT2D eigenvalue weighted by atomic mass is 9.82. The van der Waals surface area contributed by atoms with Gasteiger partial charge in [0.15, 0.2) is 0 Å². The Labute approximate surface area is 319 Å². The molecule has 0 radical (unpaired) electrons. The van der Waals surface area contributed by atoms with E-state index in [4.69, 9.17) is 9.59 Å². The van der Waals surface area contributed by atoms with Crippen molar-refractivity contribution in [2.75, 3.05) is 19.6 Å². The summed E-state index contributed by atoms with van der Waals surface area (Å²) in [6.45, 7) is 6.03. The van der Waals surface area contributed by atoms with Crippen LogP contribution in [0.25, 0.3) is 0 Å². The van der Waals surface area contributed by atoms with E-state index in [1.165, 1.54) is 31.1 Å². The van der Waals surface area contributed by atoms with Gasteiger partial charge in [0.05, 0.1) is 6.10 Å². The van der Waals surface area contributed by atoms with E-state index < -0.39 is 59.9 Å². The summed E-state index contributed by atoms with van der Waals surface area (Å²) in [5.41, 5.74) is 0. The Balaban J connectivity index is 0.00000253. The third-order valence-electron chi connectivity index (χ3n) is 11.5. The summed E-state index contributed by atoms with van der Waals surface area (Å²) in [6.07, 6.45) is 14.9. The van der Waals surface area contributed by atoms with E-state index in [1.54, 1.807) is 11.8 Å². The van der Waals surface area contributed by atoms with Gasteiger partial charge in [-0.25, -0.2) is 0 Å². The molecule has 0 aromatic carbocycles. The largest absolute Gasteiger partial charge is 0.391 e. The molecule has 0 aromatic heterocycles. The number of hydrogen-bond donors (Lipinski definition) is 5. The molecule has 2 heterocycles. The van der Waals surface area contributed by atoms with Crippen molar-refractivity contribution in [2.45, 2.75) is 173 Å². The number of rotatable bonds is 15. The van der Waals surface area contributed by atoms with Crippen LogP contribution in [0.15, 0.2) is 0 Å². The predicted octanol–water partition coefficient (Wildman–Crippen LogP) is 2.10. The quantitative estimate of drug-likeness (QED) is 0.165. The topological polar surface area (TPSA) is 211 Å². The van der Waals surface area contributed by atoms with Gasteiger partial charge in [-0.1, -0.05) is 58.3 Å². The van der Waals surface area contributed by atoms with Gasteiger partial charge in [0.25, 0.3) is 0 Å². The van der Waals surface area contributed by atoms with Gasteiger partial charge in [-0.05, 0) is 83.5 Å². The molecule has 2 saturated heterocycles. The second kappa shape index (κ2) is 23.2. The van der Waals surface area contributed by atoms with Crippen LogP contribution in [0.3, 0.4) is 0 Å². The van der Waals surface area contributed by atoms with Crippen LogP contribution in [0.4, 0.5) is 0 Å². The number of aliphatic hydroxyl groups is 1. The number of aliphatic hydroxyl groups excluding tert-OH is 1. The second-order valence-corrected chi connectivity index (χ2v) is 15.6. The lowest BCUT2D eigenvalue weighted by molar-refractivity contribution is -0.191. The highest BCUT2D eigenvalue weighted by Gasteiger charge is 2.42. The van der Waals surface area contributed by atoms with Crippen molar-refractivity contribution in [1.29, 1.82) is 0 Å². The van der Waals surface area contributed by atoms with Gasteiger partial charge in [0, 0.05) is 26.1 Å². The second-order valence-electron chi connectivity index (χ2n) is 15.6. The molecule has 0 bridgehead atoms. The van der Waals surface area contributed by atoms with Crippen molar-refractivity contribution < 1.29 is 43.5 Å². The fourth-order valence-corrected chi connectivity index (χ4v) is 8.49. The molecule has 0 unspecified atom stereocenters. The Morgan fingerprint density at radius 3 is 1.85 bits per heavy atom. The fourth-order valence-electron chi connectivity index (χ4n) is 8.49. The maximum Gasteiger partial charge on any atom is 0.373 e. The SMILES string of the molecule is CCCNC(=O)[C@@H](NC(=O)[C@@H]1CCCN1C(=O)[C@H](C)NC(=O)[C@@H]1CCCCN1C(=O)[C@@H](NC(=O)CCC1CCCCC1)C1CCCCC1)[C@@H](C)O.O=C=O. The summed E-state index contributed by atoms with van der Waals surface area (Å²) in [5.74, 6) is -1.58. The van der Waals surface area contributed by atoms with Gasteiger partial charge in [0.1, 0.15) is 30.2 Å². The highest BCUT2D eigenvalue weighted by atomic mass is 16.3. The highest BCUT2D eigenvalue weighted by molar-refractivity contribution is 5.96. The fraction of sp³-hybridized carbons (Fsp3) is 0.821. The average molecular weight is 761 g/mol. The van der Waals surface area contributed by atoms with Crippen LogP contribution in [-0.2, 0) is 38.4 Å². The van der Waals surface area contributed by atoms with E-state index in [0.29, 0.717) is 57.7 Å². The molecular formula is C39H64N6O9. The van der Waals surface area contributed by atoms with Crippen LogP contribution in [0.1, 0.15) is 136 Å². The molecule has 2 aliphatic heterocycles. The predicted molar refractivity (Wildman–Crippen MR) is 198 cm³/mol. The zero-order chi connectivity index (χ0) is 39.6. The number of nitrogens with one attached hydrogen (secondary N) is 4. The summed E-state index contributed by atoms with van der Waals surface area (Å²) in [6, 6.07) is -4.40. The maximum absolute atomic E-state index is 14.3. The van der Waals surface area contributed by atoms with Crippen LogP contribution in [0, 0.1) is 11.8 Å². The van der Waals surface area contributed by atoms with E-state index in [0.717, 1.165) is 64.2 Å². The van der Waals surface area contributed by atoms with Crippen LogP contribution in [0.5, 0.6) is 0 Å². The Morgan fingerprint density at radius 2 is 1.24 bits per heavy atom. The summed E-state index contributed by atoms with van der Waals surface area (Å²) in [4.78, 5) is 100. The van der Waals surface area contributed by atoms with Crippen molar-refractivity contribution in [3.63, 3.8) is 0 Å². The zero-order valence-corrected chi connectivity index (χ0v) is 32.6. The van der Waals surface area contributed by atoms with Gasteiger partial charge in [-0.15, -0.1) is 0 Å². The minimum atomic E-state index is -1.16. The van der Waals surface area contributed by atoms with E-state index in [2.05, 4.69) is 21.3 Å². The summed E-state index contributed by atoms with van der Waals surface area (Å²) < 4.78 is 0. The summed E-state index contributed by atoms with van der Waals surface area (Å²) in [5, 5.41) is 21.5. The number of nitrogens with zero attached hydrogens (tertiary/aromatic N) is 2. The van der Waals surface area contributed by atoms with Crippen LogP contribution in [0.2, 0.25) is 0 Å². The van der Waals surface area contributed by atoms with E-state index >= 15 is 0 Å². The van der Waals surface area contributed by atoms with Crippen molar-refractivity contribution in [1.82, 2.24) is 31.1 Å². The average Bonchev–Trinajstić information content (AvgIpc) is 3.68. The molecule has 54 heavy (non-hydrogen) atoms. The molecule has 2 aliphatic carbocycles. The van der Waals surface area contributed by atoms with Crippen molar-refractivity contribution in [3.05, 3.63) is 0 Å². The number of carbonyl (C=O) groups is 6. The van der Waals surface area contributed by atoms with E-state index in [1.807, 2.05) is 6.92 Å². The smallest absolute Gasteiger partial charge is 0.373 e. The third kappa shape index (κ3) is 13.2. The first-order valence-electron chi connectivity index (χ1n) is 20.4. The molecule has 15 nitrogen and oxygen atoms in total. The van der Waals surface area contributed by atoms with Crippen LogP contribution < -0.4 is 21.3 Å². The molecule has 0 aromatic rings. The van der Waals surface area contributed by atoms with Crippen molar-refractivity contribution in [2.24, 2.45) is 11.8 Å². The molecular weight excluding hydrogens is 696 g/mol. The lowest BCUT2D eigenvalue weighted by Crippen LogP contribution is -2.61. The molecule has 5 N–H and O–H groups in total. The Morgan fingerprint density at radius 1 is 0.704 bits per heavy atom. The van der Waals surface area contributed by atoms with E-state index in [-0.39, 0.29) is 23.9 Å². The molecule has 0 spiro atoms. The van der Waals surface area contributed by atoms with Crippen LogP contribution in [-0.4, -0.2) is 112 Å². The molecule has 4 fully saturated rings. The first-order chi connectivity index (χ1) is 25.9. The molecule has 15 heteroatoms. The highest BCUT2D eigenvalue weighted by Crippen LogP contribution is 2.30.